The van der Waals surface area contributed by atoms with E-state index in [0.29, 0.717) is 0 Å². The van der Waals surface area contributed by atoms with E-state index in [-0.39, 0.29) is 0 Å². The number of aromatic nitrogens is 2. The zero-order valence-electron chi connectivity index (χ0n) is 12.5. The Morgan fingerprint density at radius 2 is 1.77 bits per heavy atom. The van der Waals surface area contributed by atoms with Crippen LogP contribution >= 0.6 is 11.8 Å². The van der Waals surface area contributed by atoms with Crippen LogP contribution in [0.1, 0.15) is 12.5 Å². The number of rotatable bonds is 5. The third kappa shape index (κ3) is 4.12. The second-order valence-corrected chi connectivity index (χ2v) is 6.36. The highest BCUT2D eigenvalue weighted by atomic mass is 32.2. The molecule has 0 radical (unpaired) electrons. The predicted octanol–water partition coefficient (Wildman–Crippen LogP) is 5.14. The van der Waals surface area contributed by atoms with Crippen molar-refractivity contribution in [3.63, 3.8) is 0 Å². The zero-order chi connectivity index (χ0) is 15.2. The molecule has 0 unspecified atom stereocenters. The quantitative estimate of drug-likeness (QED) is 0.649. The van der Waals surface area contributed by atoms with Gasteiger partial charge >= 0.3 is 0 Å². The number of benzene rings is 2. The summed E-state index contributed by atoms with van der Waals surface area (Å²) in [6.07, 6.45) is 7.85. The zero-order valence-corrected chi connectivity index (χ0v) is 13.3. The minimum atomic E-state index is 0.876. The van der Waals surface area contributed by atoms with Crippen molar-refractivity contribution < 1.29 is 0 Å². The first kappa shape index (κ1) is 14.7. The topological polar surface area (TPSA) is 17.8 Å². The van der Waals surface area contributed by atoms with Crippen LogP contribution in [0.2, 0.25) is 0 Å². The van der Waals surface area contributed by atoms with Gasteiger partial charge in [-0.25, -0.2) is 4.98 Å². The molecule has 1 aromatic heterocycles. The lowest BCUT2D eigenvalue weighted by Gasteiger charge is -2.04. The van der Waals surface area contributed by atoms with Crippen molar-refractivity contribution in [2.24, 2.45) is 0 Å². The van der Waals surface area contributed by atoms with Crippen LogP contribution in [0.25, 0.3) is 6.08 Å². The SMILES string of the molecule is CC(=Cc1ccc(Sc2ccccc2)cc1)Cn1ccnc1. The molecule has 2 nitrogen and oxygen atoms in total. The summed E-state index contributed by atoms with van der Waals surface area (Å²) in [6, 6.07) is 19.1. The third-order valence-electron chi connectivity index (χ3n) is 3.26. The molecule has 0 saturated carbocycles. The Morgan fingerprint density at radius 1 is 1.05 bits per heavy atom. The molecule has 0 spiro atoms. The highest BCUT2D eigenvalue weighted by molar-refractivity contribution is 7.99. The number of allylic oxidation sites excluding steroid dienone is 1. The molecule has 3 aromatic rings. The molecular formula is C19H18N2S. The smallest absolute Gasteiger partial charge is 0.0948 e. The maximum Gasteiger partial charge on any atom is 0.0948 e. The molecule has 0 saturated heterocycles. The summed E-state index contributed by atoms with van der Waals surface area (Å²) in [4.78, 5) is 6.59. The van der Waals surface area contributed by atoms with Gasteiger partial charge in [-0.1, -0.05) is 53.7 Å². The van der Waals surface area contributed by atoms with Gasteiger partial charge in [0.05, 0.1) is 6.33 Å². The summed E-state index contributed by atoms with van der Waals surface area (Å²) in [5.41, 5.74) is 2.54. The average molecular weight is 306 g/mol. The van der Waals surface area contributed by atoms with Crippen LogP contribution in [-0.4, -0.2) is 9.55 Å². The van der Waals surface area contributed by atoms with Gasteiger partial charge < -0.3 is 4.57 Å². The molecule has 0 aliphatic heterocycles. The van der Waals surface area contributed by atoms with Gasteiger partial charge in [-0.15, -0.1) is 0 Å². The lowest BCUT2D eigenvalue weighted by atomic mass is 10.1. The maximum absolute atomic E-state index is 4.07. The van der Waals surface area contributed by atoms with Crippen molar-refractivity contribution in [2.75, 3.05) is 0 Å². The minimum Gasteiger partial charge on any atom is -0.333 e. The third-order valence-corrected chi connectivity index (χ3v) is 4.28. The number of hydrogen-bond acceptors (Lipinski definition) is 2. The van der Waals surface area contributed by atoms with Crippen molar-refractivity contribution in [1.82, 2.24) is 9.55 Å². The second-order valence-electron chi connectivity index (χ2n) is 5.21. The van der Waals surface area contributed by atoms with Gasteiger partial charge in [0.2, 0.25) is 0 Å². The van der Waals surface area contributed by atoms with Crippen LogP contribution in [0.4, 0.5) is 0 Å². The Kier molecular flexibility index (Phi) is 4.76. The summed E-state index contributed by atoms with van der Waals surface area (Å²) in [7, 11) is 0. The fourth-order valence-electron chi connectivity index (χ4n) is 2.26. The van der Waals surface area contributed by atoms with Crippen molar-refractivity contribution in [2.45, 2.75) is 23.3 Å². The van der Waals surface area contributed by atoms with E-state index in [1.807, 2.05) is 24.8 Å². The van der Waals surface area contributed by atoms with Gasteiger partial charge in [-0.3, -0.25) is 0 Å². The maximum atomic E-state index is 4.07. The van der Waals surface area contributed by atoms with Crippen LogP contribution in [-0.2, 0) is 6.54 Å². The number of nitrogens with zero attached hydrogens (tertiary/aromatic N) is 2. The van der Waals surface area contributed by atoms with E-state index < -0.39 is 0 Å². The minimum absolute atomic E-state index is 0.876. The molecule has 0 aliphatic carbocycles. The van der Waals surface area contributed by atoms with Crippen molar-refractivity contribution in [3.8, 4) is 0 Å². The molecule has 0 bridgehead atoms. The Balaban J connectivity index is 1.66. The number of hydrogen-bond donors (Lipinski definition) is 0. The van der Waals surface area contributed by atoms with Crippen LogP contribution in [0.5, 0.6) is 0 Å². The van der Waals surface area contributed by atoms with Gasteiger partial charge in [-0.05, 0) is 36.8 Å². The fourth-order valence-corrected chi connectivity index (χ4v) is 3.09. The number of imidazole rings is 1. The highest BCUT2D eigenvalue weighted by Gasteiger charge is 1.98. The highest BCUT2D eigenvalue weighted by Crippen LogP contribution is 2.27. The van der Waals surface area contributed by atoms with E-state index in [9.17, 15) is 0 Å². The van der Waals surface area contributed by atoms with Crippen molar-refractivity contribution in [1.29, 1.82) is 0 Å². The van der Waals surface area contributed by atoms with Gasteiger partial charge in [0, 0.05) is 28.7 Å². The molecule has 2 aromatic carbocycles. The molecule has 0 amide bonds. The van der Waals surface area contributed by atoms with E-state index in [4.69, 9.17) is 0 Å². The average Bonchev–Trinajstić information content (AvgIpc) is 3.03. The molecule has 0 N–H and O–H groups in total. The van der Waals surface area contributed by atoms with E-state index in [2.05, 4.69) is 71.1 Å². The molecule has 22 heavy (non-hydrogen) atoms. The standard InChI is InChI=1S/C19H18N2S/c1-16(14-21-12-11-20-15-21)13-17-7-9-19(10-8-17)22-18-5-3-2-4-6-18/h2-13,15H,14H2,1H3. The Hall–Kier alpha value is -2.26. The fraction of sp³-hybridized carbons (Fsp3) is 0.105. The van der Waals surface area contributed by atoms with Crippen molar-refractivity contribution in [3.05, 3.63) is 84.5 Å². The molecular weight excluding hydrogens is 288 g/mol. The molecule has 1 heterocycles. The lowest BCUT2D eigenvalue weighted by Crippen LogP contribution is -1.95. The largest absolute Gasteiger partial charge is 0.333 e. The van der Waals surface area contributed by atoms with Crippen LogP contribution in [0.3, 0.4) is 0 Å². The molecule has 0 atom stereocenters. The summed E-state index contributed by atoms with van der Waals surface area (Å²) < 4.78 is 2.07. The van der Waals surface area contributed by atoms with Crippen LogP contribution in [0.15, 0.2) is 88.7 Å². The van der Waals surface area contributed by atoms with Gasteiger partial charge in [0.25, 0.3) is 0 Å². The summed E-state index contributed by atoms with van der Waals surface area (Å²) in [6.45, 7) is 3.02. The van der Waals surface area contributed by atoms with Gasteiger partial charge in [0.15, 0.2) is 0 Å². The summed E-state index contributed by atoms with van der Waals surface area (Å²) in [5, 5.41) is 0. The van der Waals surface area contributed by atoms with Gasteiger partial charge in [0.1, 0.15) is 0 Å². The molecule has 110 valence electrons. The monoisotopic (exact) mass is 306 g/mol. The van der Waals surface area contributed by atoms with Gasteiger partial charge in [-0.2, -0.15) is 0 Å². The normalized spacial score (nSPS) is 11.6. The first-order valence-electron chi connectivity index (χ1n) is 7.25. The summed E-state index contributed by atoms with van der Waals surface area (Å²) >= 11 is 1.79. The molecule has 0 aliphatic rings. The lowest BCUT2D eigenvalue weighted by molar-refractivity contribution is 0.786. The molecule has 0 fully saturated rings. The second kappa shape index (κ2) is 7.14. The van der Waals surface area contributed by atoms with E-state index in [1.165, 1.54) is 20.9 Å². The van der Waals surface area contributed by atoms with E-state index in [0.717, 1.165) is 6.54 Å². The molecule has 3 heteroatoms. The van der Waals surface area contributed by atoms with Crippen molar-refractivity contribution >= 4 is 17.8 Å². The molecule has 3 rings (SSSR count). The van der Waals surface area contributed by atoms with Crippen LogP contribution in [0, 0.1) is 0 Å². The first-order valence-corrected chi connectivity index (χ1v) is 8.07. The summed E-state index contributed by atoms with van der Waals surface area (Å²) in [5.74, 6) is 0. The Morgan fingerprint density at radius 3 is 2.45 bits per heavy atom. The van der Waals surface area contributed by atoms with E-state index >= 15 is 0 Å². The Labute approximate surface area is 135 Å². The first-order chi connectivity index (χ1) is 10.8. The van der Waals surface area contributed by atoms with Crippen LogP contribution < -0.4 is 0 Å². The van der Waals surface area contributed by atoms with E-state index in [1.54, 1.807) is 11.8 Å². The predicted molar refractivity (Wildman–Crippen MR) is 92.9 cm³/mol. The Bertz CT molecular complexity index is 729.